The smallest absolute Gasteiger partial charge is 0.0672 e. The van der Waals surface area contributed by atoms with Crippen LogP contribution in [-0.2, 0) is 4.74 Å². The fraction of sp³-hybridized carbons (Fsp3) is 0.909. The van der Waals surface area contributed by atoms with Gasteiger partial charge in [-0.2, -0.15) is 5.26 Å². The Kier molecular flexibility index (Phi) is 4.92. The molecule has 0 aliphatic heterocycles. The second-order valence-corrected chi connectivity index (χ2v) is 4.06. The summed E-state index contributed by atoms with van der Waals surface area (Å²) in [4.78, 5) is 2.27. The average Bonchev–Trinajstić information content (AvgIpc) is 2.25. The highest BCUT2D eigenvalue weighted by atomic mass is 16.5. The third-order valence-electron chi connectivity index (χ3n) is 3.11. The Morgan fingerprint density at radius 1 is 1.43 bits per heavy atom. The lowest BCUT2D eigenvalue weighted by atomic mass is 9.85. The Labute approximate surface area is 86.6 Å². The minimum atomic E-state index is 0.227. The Bertz CT molecular complexity index is 200. The van der Waals surface area contributed by atoms with E-state index in [1.165, 1.54) is 19.3 Å². The van der Waals surface area contributed by atoms with Gasteiger partial charge in [-0.15, -0.1) is 0 Å². The minimum absolute atomic E-state index is 0.227. The quantitative estimate of drug-likeness (QED) is 0.686. The fourth-order valence-corrected chi connectivity index (χ4v) is 2.19. The lowest BCUT2D eigenvalue weighted by molar-refractivity contribution is 0.107. The number of nitrogens with zero attached hydrogens (tertiary/aromatic N) is 2. The third kappa shape index (κ3) is 2.97. The monoisotopic (exact) mass is 196 g/mol. The normalized spacial score (nSPS) is 27.6. The Morgan fingerprint density at radius 2 is 2.14 bits per heavy atom. The highest BCUT2D eigenvalue weighted by molar-refractivity contribution is 4.94. The van der Waals surface area contributed by atoms with Gasteiger partial charge in [-0.25, -0.2) is 0 Å². The summed E-state index contributed by atoms with van der Waals surface area (Å²) in [6, 6.07) is 2.88. The first-order valence-electron chi connectivity index (χ1n) is 5.38. The highest BCUT2D eigenvalue weighted by Gasteiger charge is 2.27. The first-order chi connectivity index (χ1) is 6.79. The molecule has 3 heteroatoms. The predicted octanol–water partition coefficient (Wildman–Crippen LogP) is 1.65. The molecule has 14 heavy (non-hydrogen) atoms. The molecular weight excluding hydrogens is 176 g/mol. The number of methoxy groups -OCH3 is 1. The van der Waals surface area contributed by atoms with E-state index in [2.05, 4.69) is 18.0 Å². The van der Waals surface area contributed by atoms with Crippen molar-refractivity contribution in [3.8, 4) is 6.07 Å². The molecule has 1 aliphatic carbocycles. The van der Waals surface area contributed by atoms with Crippen LogP contribution in [0.15, 0.2) is 0 Å². The van der Waals surface area contributed by atoms with Gasteiger partial charge in [-0.3, -0.25) is 4.90 Å². The van der Waals surface area contributed by atoms with E-state index in [9.17, 15) is 0 Å². The largest absolute Gasteiger partial charge is 0.383 e. The standard InChI is InChI=1S/C11H20N2O/c1-13(7-8-14-2)11-6-4-3-5-10(11)9-12/h10-11H,3-8H2,1-2H3. The molecule has 0 aromatic carbocycles. The van der Waals surface area contributed by atoms with Crippen LogP contribution >= 0.6 is 0 Å². The SMILES string of the molecule is COCCN(C)C1CCCCC1C#N. The van der Waals surface area contributed by atoms with Gasteiger partial charge in [0, 0.05) is 19.7 Å². The summed E-state index contributed by atoms with van der Waals surface area (Å²) in [6.45, 7) is 1.69. The zero-order valence-electron chi connectivity index (χ0n) is 9.20. The van der Waals surface area contributed by atoms with Gasteiger partial charge in [0.15, 0.2) is 0 Å². The van der Waals surface area contributed by atoms with Gasteiger partial charge in [-0.1, -0.05) is 12.8 Å². The molecule has 1 fully saturated rings. The molecule has 0 heterocycles. The van der Waals surface area contributed by atoms with Gasteiger partial charge >= 0.3 is 0 Å². The topological polar surface area (TPSA) is 36.3 Å². The zero-order chi connectivity index (χ0) is 10.4. The number of nitriles is 1. The summed E-state index contributed by atoms with van der Waals surface area (Å²) in [6.07, 6.45) is 4.71. The molecule has 2 atom stereocenters. The molecule has 3 nitrogen and oxygen atoms in total. The molecule has 0 aromatic heterocycles. The van der Waals surface area contributed by atoms with E-state index in [1.54, 1.807) is 7.11 Å². The molecular formula is C11H20N2O. The van der Waals surface area contributed by atoms with Crippen molar-refractivity contribution in [1.82, 2.24) is 4.90 Å². The van der Waals surface area contributed by atoms with Crippen molar-refractivity contribution in [2.24, 2.45) is 5.92 Å². The number of likely N-dealkylation sites (N-methyl/N-ethyl adjacent to an activating group) is 1. The number of hydrogen-bond donors (Lipinski definition) is 0. The minimum Gasteiger partial charge on any atom is -0.383 e. The summed E-state index contributed by atoms with van der Waals surface area (Å²) in [5.74, 6) is 0.227. The lowest BCUT2D eigenvalue weighted by Crippen LogP contribution is -2.41. The Morgan fingerprint density at radius 3 is 2.79 bits per heavy atom. The number of rotatable bonds is 4. The van der Waals surface area contributed by atoms with E-state index in [4.69, 9.17) is 10.00 Å². The van der Waals surface area contributed by atoms with E-state index < -0.39 is 0 Å². The molecule has 0 bridgehead atoms. The molecule has 0 amide bonds. The summed E-state index contributed by atoms with van der Waals surface area (Å²) in [5, 5.41) is 9.03. The van der Waals surface area contributed by atoms with Crippen molar-refractivity contribution < 1.29 is 4.74 Å². The first kappa shape index (κ1) is 11.5. The van der Waals surface area contributed by atoms with Gasteiger partial charge in [0.05, 0.1) is 18.6 Å². The third-order valence-corrected chi connectivity index (χ3v) is 3.11. The van der Waals surface area contributed by atoms with Gasteiger partial charge < -0.3 is 4.74 Å². The molecule has 1 saturated carbocycles. The van der Waals surface area contributed by atoms with Crippen molar-refractivity contribution in [3.05, 3.63) is 0 Å². The summed E-state index contributed by atoms with van der Waals surface area (Å²) >= 11 is 0. The molecule has 1 rings (SSSR count). The van der Waals surface area contributed by atoms with Crippen molar-refractivity contribution in [2.45, 2.75) is 31.7 Å². The summed E-state index contributed by atoms with van der Waals surface area (Å²) in [7, 11) is 3.82. The Hall–Kier alpha value is -0.590. The van der Waals surface area contributed by atoms with Crippen molar-refractivity contribution in [3.63, 3.8) is 0 Å². The van der Waals surface area contributed by atoms with E-state index >= 15 is 0 Å². The average molecular weight is 196 g/mol. The van der Waals surface area contributed by atoms with E-state index in [0.717, 1.165) is 19.6 Å². The van der Waals surface area contributed by atoms with Crippen LogP contribution in [0.25, 0.3) is 0 Å². The van der Waals surface area contributed by atoms with Crippen LogP contribution in [0.4, 0.5) is 0 Å². The molecule has 0 radical (unpaired) electrons. The summed E-state index contributed by atoms with van der Waals surface area (Å²) in [5.41, 5.74) is 0. The maximum absolute atomic E-state index is 9.03. The lowest BCUT2D eigenvalue weighted by Gasteiger charge is -2.34. The molecule has 0 N–H and O–H groups in total. The maximum atomic E-state index is 9.03. The molecule has 0 aromatic rings. The van der Waals surface area contributed by atoms with Crippen molar-refractivity contribution in [2.75, 3.05) is 27.3 Å². The Balaban J connectivity index is 2.42. The molecule has 80 valence electrons. The first-order valence-corrected chi connectivity index (χ1v) is 5.38. The van der Waals surface area contributed by atoms with Crippen LogP contribution in [0.3, 0.4) is 0 Å². The molecule has 0 saturated heterocycles. The second kappa shape index (κ2) is 6.00. The molecule has 1 aliphatic rings. The fourth-order valence-electron chi connectivity index (χ4n) is 2.19. The maximum Gasteiger partial charge on any atom is 0.0672 e. The van der Waals surface area contributed by atoms with Crippen LogP contribution < -0.4 is 0 Å². The van der Waals surface area contributed by atoms with Crippen LogP contribution in [0, 0.1) is 17.2 Å². The molecule has 2 unspecified atom stereocenters. The highest BCUT2D eigenvalue weighted by Crippen LogP contribution is 2.27. The van der Waals surface area contributed by atoms with Crippen LogP contribution in [0.5, 0.6) is 0 Å². The van der Waals surface area contributed by atoms with Gasteiger partial charge in [0.1, 0.15) is 0 Å². The van der Waals surface area contributed by atoms with Crippen LogP contribution in [0.1, 0.15) is 25.7 Å². The number of hydrogen-bond acceptors (Lipinski definition) is 3. The second-order valence-electron chi connectivity index (χ2n) is 4.06. The van der Waals surface area contributed by atoms with Gasteiger partial charge in [-0.05, 0) is 19.9 Å². The summed E-state index contributed by atoms with van der Waals surface area (Å²) < 4.78 is 5.05. The zero-order valence-corrected chi connectivity index (χ0v) is 9.20. The van der Waals surface area contributed by atoms with Crippen LogP contribution in [0.2, 0.25) is 0 Å². The van der Waals surface area contributed by atoms with Crippen molar-refractivity contribution >= 4 is 0 Å². The predicted molar refractivity (Wildman–Crippen MR) is 55.9 cm³/mol. The van der Waals surface area contributed by atoms with E-state index in [-0.39, 0.29) is 5.92 Å². The molecule has 0 spiro atoms. The number of ether oxygens (including phenoxy) is 1. The van der Waals surface area contributed by atoms with E-state index in [1.807, 2.05) is 0 Å². The van der Waals surface area contributed by atoms with Crippen molar-refractivity contribution in [1.29, 1.82) is 5.26 Å². The van der Waals surface area contributed by atoms with Crippen LogP contribution in [-0.4, -0.2) is 38.3 Å². The van der Waals surface area contributed by atoms with E-state index in [0.29, 0.717) is 6.04 Å². The van der Waals surface area contributed by atoms with Gasteiger partial charge in [0.2, 0.25) is 0 Å². The van der Waals surface area contributed by atoms with Gasteiger partial charge in [0.25, 0.3) is 0 Å².